The number of aryl methyl sites for hydroxylation is 2. The van der Waals surface area contributed by atoms with Crippen LogP contribution in [0.2, 0.25) is 0 Å². The van der Waals surface area contributed by atoms with E-state index in [9.17, 15) is 9.59 Å². The third kappa shape index (κ3) is 11.2. The van der Waals surface area contributed by atoms with Crippen molar-refractivity contribution in [2.75, 3.05) is 98.6 Å². The van der Waals surface area contributed by atoms with Gasteiger partial charge in [-0.1, -0.05) is 24.3 Å². The van der Waals surface area contributed by atoms with Crippen molar-refractivity contribution in [2.45, 2.75) is 26.7 Å². The Labute approximate surface area is 328 Å². The summed E-state index contributed by atoms with van der Waals surface area (Å²) in [5.41, 5.74) is 3.81. The van der Waals surface area contributed by atoms with Crippen molar-refractivity contribution in [1.82, 2.24) is 25.1 Å². The summed E-state index contributed by atoms with van der Waals surface area (Å²) in [4.78, 5) is 40.2. The van der Waals surface area contributed by atoms with Crippen LogP contribution in [0.1, 0.15) is 33.5 Å². The maximum absolute atomic E-state index is 13.8. The third-order valence-corrected chi connectivity index (χ3v) is 9.32. The zero-order chi connectivity index (χ0) is 40.0. The molecule has 5 rings (SSSR count). The van der Waals surface area contributed by atoms with E-state index in [4.69, 9.17) is 28.4 Å². The number of hydrogen-bond acceptors (Lipinski definition) is 13. The van der Waals surface area contributed by atoms with Crippen molar-refractivity contribution in [3.63, 3.8) is 0 Å². The summed E-state index contributed by atoms with van der Waals surface area (Å²) in [7, 11) is 8.33. The maximum Gasteiger partial charge on any atom is 0.262 e. The van der Waals surface area contributed by atoms with Gasteiger partial charge in [0.05, 0.1) is 41.0 Å². The number of para-hydroxylation sites is 1. The summed E-state index contributed by atoms with van der Waals surface area (Å²) in [6.45, 7) is 10.3. The SMILES string of the molecule is COCCNC(=O)Cc1ccc(Oc2nc(Nc3cc(OC)c(OC)c(OCCCN4CCN(C)CC4)c3)ncc2C(=O)Nc2c(C)cccc2C)c(OC)c1. The smallest absolute Gasteiger partial charge is 0.262 e. The first-order chi connectivity index (χ1) is 27.1. The number of anilines is 3. The van der Waals surface area contributed by atoms with Crippen LogP contribution in [0.25, 0.3) is 0 Å². The van der Waals surface area contributed by atoms with Gasteiger partial charge in [0.2, 0.25) is 23.5 Å². The molecule has 3 aromatic carbocycles. The predicted octanol–water partition coefficient (Wildman–Crippen LogP) is 5.23. The zero-order valence-electron chi connectivity index (χ0n) is 33.3. The van der Waals surface area contributed by atoms with Crippen LogP contribution in [0.15, 0.2) is 54.7 Å². The predicted molar refractivity (Wildman–Crippen MR) is 214 cm³/mol. The van der Waals surface area contributed by atoms with E-state index in [2.05, 4.69) is 42.8 Å². The molecule has 3 N–H and O–H groups in total. The molecule has 300 valence electrons. The summed E-state index contributed by atoms with van der Waals surface area (Å²) in [5.74, 6) is 1.50. The number of benzene rings is 3. The Bertz CT molecular complexity index is 1930. The highest BCUT2D eigenvalue weighted by Gasteiger charge is 2.22. The van der Waals surface area contributed by atoms with E-state index in [0.717, 1.165) is 50.3 Å². The largest absolute Gasteiger partial charge is 0.493 e. The average molecular weight is 772 g/mol. The van der Waals surface area contributed by atoms with Gasteiger partial charge in [0.15, 0.2) is 23.0 Å². The van der Waals surface area contributed by atoms with E-state index in [1.807, 2.05) is 32.0 Å². The standard InChI is InChI=1S/C41H53N7O8/c1-27-10-8-11-28(2)37(27)45-39(50)31-26-43-41(46-40(31)56-32-13-12-29(22-33(32)52-5)23-36(49)42-14-21-51-4)44-30-24-34(53-6)38(54-7)35(25-30)55-20-9-15-48-18-16-47(3)17-19-48/h8,10-13,22,24-26H,9,14-21,23H2,1-7H3,(H,42,49)(H,45,50)(H,43,44,46). The van der Waals surface area contributed by atoms with Crippen LogP contribution in [-0.2, 0) is 16.0 Å². The Balaban J connectivity index is 1.41. The number of amides is 2. The first-order valence-corrected chi connectivity index (χ1v) is 18.5. The summed E-state index contributed by atoms with van der Waals surface area (Å²) < 4.78 is 34.5. The molecule has 0 unspecified atom stereocenters. The Morgan fingerprint density at radius 1 is 0.839 bits per heavy atom. The Morgan fingerprint density at radius 2 is 1.57 bits per heavy atom. The molecule has 1 fully saturated rings. The number of hydrogen-bond donors (Lipinski definition) is 3. The minimum absolute atomic E-state index is 0.0320. The molecule has 0 radical (unpaired) electrons. The van der Waals surface area contributed by atoms with Crippen LogP contribution in [0.3, 0.4) is 0 Å². The molecule has 15 nitrogen and oxygen atoms in total. The van der Waals surface area contributed by atoms with E-state index in [1.54, 1.807) is 51.7 Å². The van der Waals surface area contributed by atoms with Crippen LogP contribution < -0.4 is 39.6 Å². The molecule has 4 aromatic rings. The molecule has 0 aliphatic carbocycles. The molecule has 0 atom stereocenters. The van der Waals surface area contributed by atoms with Crippen molar-refractivity contribution >= 4 is 29.1 Å². The Hall–Kier alpha value is -5.64. The van der Waals surface area contributed by atoms with Gasteiger partial charge < -0.3 is 54.2 Å². The Kier molecular flexibility index (Phi) is 15.1. The van der Waals surface area contributed by atoms with Crippen molar-refractivity contribution in [3.05, 3.63) is 77.0 Å². The minimum atomic E-state index is -0.467. The van der Waals surface area contributed by atoms with Gasteiger partial charge >= 0.3 is 0 Å². The molecule has 56 heavy (non-hydrogen) atoms. The van der Waals surface area contributed by atoms with Crippen LogP contribution >= 0.6 is 0 Å². The lowest BCUT2D eigenvalue weighted by atomic mass is 10.1. The quantitative estimate of drug-likeness (QED) is 0.107. The molecule has 0 bridgehead atoms. The van der Waals surface area contributed by atoms with E-state index in [0.29, 0.717) is 59.7 Å². The van der Waals surface area contributed by atoms with Gasteiger partial charge in [0, 0.05) is 76.1 Å². The molecule has 2 heterocycles. The van der Waals surface area contributed by atoms with Crippen molar-refractivity contribution in [3.8, 4) is 34.6 Å². The van der Waals surface area contributed by atoms with Gasteiger partial charge in [-0.3, -0.25) is 9.59 Å². The van der Waals surface area contributed by atoms with Crippen LogP contribution in [0.5, 0.6) is 34.6 Å². The highest BCUT2D eigenvalue weighted by atomic mass is 16.5. The second-order valence-electron chi connectivity index (χ2n) is 13.4. The monoisotopic (exact) mass is 771 g/mol. The van der Waals surface area contributed by atoms with Crippen molar-refractivity contribution < 1.29 is 38.0 Å². The van der Waals surface area contributed by atoms with Gasteiger partial charge in [0.25, 0.3) is 5.91 Å². The van der Waals surface area contributed by atoms with Crippen LogP contribution in [-0.4, -0.2) is 120 Å². The number of carbonyl (C=O) groups excluding carboxylic acids is 2. The molecular weight excluding hydrogens is 718 g/mol. The fourth-order valence-electron chi connectivity index (χ4n) is 6.18. The van der Waals surface area contributed by atoms with E-state index in [1.165, 1.54) is 13.3 Å². The molecule has 0 saturated carbocycles. The zero-order valence-corrected chi connectivity index (χ0v) is 33.3. The molecule has 1 aliphatic heterocycles. The summed E-state index contributed by atoms with van der Waals surface area (Å²) in [5, 5.41) is 9.02. The molecule has 15 heteroatoms. The number of methoxy groups -OCH3 is 4. The normalized spacial score (nSPS) is 13.1. The second kappa shape index (κ2) is 20.3. The van der Waals surface area contributed by atoms with Gasteiger partial charge in [-0.25, -0.2) is 4.98 Å². The van der Waals surface area contributed by atoms with E-state index in [-0.39, 0.29) is 35.5 Å². The highest BCUT2D eigenvalue weighted by molar-refractivity contribution is 6.06. The number of aromatic nitrogens is 2. The molecule has 1 aliphatic rings. The summed E-state index contributed by atoms with van der Waals surface area (Å²) >= 11 is 0. The topological polar surface area (TPSA) is 158 Å². The molecule has 2 amide bonds. The lowest BCUT2D eigenvalue weighted by molar-refractivity contribution is -0.120. The third-order valence-electron chi connectivity index (χ3n) is 9.32. The summed E-state index contributed by atoms with van der Waals surface area (Å²) in [6, 6.07) is 14.4. The molecule has 1 aromatic heterocycles. The number of rotatable bonds is 19. The first kappa shape index (κ1) is 41.5. The molecule has 0 spiro atoms. The average Bonchev–Trinajstić information content (AvgIpc) is 3.19. The number of carbonyl (C=O) groups is 2. The maximum atomic E-state index is 13.8. The fraction of sp³-hybridized carbons (Fsp3) is 0.415. The molecule has 1 saturated heterocycles. The number of piperazine rings is 1. The second-order valence-corrected chi connectivity index (χ2v) is 13.4. The van der Waals surface area contributed by atoms with E-state index >= 15 is 0 Å². The summed E-state index contributed by atoms with van der Waals surface area (Å²) in [6.07, 6.45) is 2.36. The number of nitrogens with zero attached hydrogens (tertiary/aromatic N) is 4. The van der Waals surface area contributed by atoms with Gasteiger partial charge in [-0.15, -0.1) is 0 Å². The number of ether oxygens (including phenoxy) is 6. The molecular formula is C41H53N7O8. The van der Waals surface area contributed by atoms with Gasteiger partial charge in [-0.05, 0) is 56.1 Å². The number of likely N-dealkylation sites (N-methyl/N-ethyl adjacent to an activating group) is 1. The fourth-order valence-corrected chi connectivity index (χ4v) is 6.18. The van der Waals surface area contributed by atoms with Crippen molar-refractivity contribution in [1.29, 1.82) is 0 Å². The number of nitrogens with one attached hydrogen (secondary N) is 3. The van der Waals surface area contributed by atoms with E-state index < -0.39 is 5.91 Å². The lowest BCUT2D eigenvalue weighted by Gasteiger charge is -2.32. The van der Waals surface area contributed by atoms with Crippen LogP contribution in [0.4, 0.5) is 17.3 Å². The van der Waals surface area contributed by atoms with Crippen LogP contribution in [0, 0.1) is 13.8 Å². The Morgan fingerprint density at radius 3 is 2.27 bits per heavy atom. The lowest BCUT2D eigenvalue weighted by Crippen LogP contribution is -2.44. The van der Waals surface area contributed by atoms with Gasteiger partial charge in [-0.2, -0.15) is 4.98 Å². The van der Waals surface area contributed by atoms with Crippen molar-refractivity contribution in [2.24, 2.45) is 0 Å². The first-order valence-electron chi connectivity index (χ1n) is 18.5. The van der Waals surface area contributed by atoms with Gasteiger partial charge in [0.1, 0.15) is 5.56 Å². The highest BCUT2D eigenvalue weighted by Crippen LogP contribution is 2.41. The minimum Gasteiger partial charge on any atom is -0.493 e.